The molecule has 0 aliphatic carbocycles. The van der Waals surface area contributed by atoms with Gasteiger partial charge in [0.15, 0.2) is 0 Å². The highest BCUT2D eigenvalue weighted by atomic mass is 35.5. The summed E-state index contributed by atoms with van der Waals surface area (Å²) in [6, 6.07) is 5.22. The fraction of sp³-hybridized carbons (Fsp3) is 0.538. The summed E-state index contributed by atoms with van der Waals surface area (Å²) in [5, 5.41) is 0.460. The van der Waals surface area contributed by atoms with Crippen LogP contribution in [-0.2, 0) is 6.54 Å². The molecule has 1 heterocycles. The normalized spacial score (nSPS) is 24.0. The maximum atomic E-state index is 13.2. The molecule has 2 unspecified atom stereocenters. The van der Waals surface area contributed by atoms with Crippen LogP contribution in [-0.4, -0.2) is 24.0 Å². The van der Waals surface area contributed by atoms with E-state index in [1.807, 2.05) is 6.07 Å². The molecule has 0 amide bonds. The van der Waals surface area contributed by atoms with Crippen LogP contribution in [0.1, 0.15) is 18.9 Å². The summed E-state index contributed by atoms with van der Waals surface area (Å²) < 4.78 is 13.2. The third-order valence-corrected chi connectivity index (χ3v) is 3.65. The minimum atomic E-state index is -0.269. The van der Waals surface area contributed by atoms with Gasteiger partial charge in [0.25, 0.3) is 0 Å². The molecule has 1 aliphatic heterocycles. The van der Waals surface area contributed by atoms with Crippen LogP contribution < -0.4 is 5.73 Å². The first kappa shape index (κ1) is 15.7. The van der Waals surface area contributed by atoms with Gasteiger partial charge in [-0.2, -0.15) is 0 Å². The Bertz CT molecular complexity index is 380. The molecule has 0 bridgehead atoms. The van der Waals surface area contributed by atoms with Gasteiger partial charge in [-0.3, -0.25) is 4.90 Å². The molecular weight excluding hydrogens is 274 g/mol. The van der Waals surface area contributed by atoms with E-state index >= 15 is 0 Å². The Hall–Kier alpha value is -0.350. The highest BCUT2D eigenvalue weighted by molar-refractivity contribution is 6.30. The van der Waals surface area contributed by atoms with E-state index in [-0.39, 0.29) is 18.2 Å². The summed E-state index contributed by atoms with van der Waals surface area (Å²) >= 11 is 5.85. The summed E-state index contributed by atoms with van der Waals surface area (Å²) in [5.74, 6) is 0.295. The Morgan fingerprint density at radius 2 is 2.17 bits per heavy atom. The fourth-order valence-corrected chi connectivity index (χ4v) is 2.79. The molecule has 18 heavy (non-hydrogen) atoms. The Kier molecular flexibility index (Phi) is 5.86. The first-order valence-electron chi connectivity index (χ1n) is 5.97. The van der Waals surface area contributed by atoms with Crippen LogP contribution in [0.15, 0.2) is 18.2 Å². The topological polar surface area (TPSA) is 29.3 Å². The molecule has 2 N–H and O–H groups in total. The summed E-state index contributed by atoms with van der Waals surface area (Å²) in [6.45, 7) is 4.66. The molecule has 102 valence electrons. The number of nitrogens with zero attached hydrogens (tertiary/aromatic N) is 1. The molecule has 1 fully saturated rings. The number of likely N-dealkylation sites (tertiary alicyclic amines) is 1. The highest BCUT2D eigenvalue weighted by Gasteiger charge is 2.27. The number of hydrogen-bond donors (Lipinski definition) is 1. The lowest BCUT2D eigenvalue weighted by Gasteiger charge is -2.21. The standard InChI is InChI=1S/C13H18ClFN2.ClH/c1-9-2-11(6-16)8-17(9)7-10-3-12(14)5-13(15)4-10;/h3-5,9,11H,2,6-8,16H2,1H3;1H. The summed E-state index contributed by atoms with van der Waals surface area (Å²) in [5.41, 5.74) is 6.62. The molecule has 2 nitrogen and oxygen atoms in total. The Labute approximate surface area is 119 Å². The lowest BCUT2D eigenvalue weighted by Crippen LogP contribution is -2.27. The second-order valence-electron chi connectivity index (χ2n) is 4.89. The van der Waals surface area contributed by atoms with Crippen LogP contribution in [0.3, 0.4) is 0 Å². The largest absolute Gasteiger partial charge is 0.330 e. The Morgan fingerprint density at radius 1 is 1.44 bits per heavy atom. The van der Waals surface area contributed by atoms with Crippen molar-refractivity contribution in [2.75, 3.05) is 13.1 Å². The molecular formula is C13H19Cl2FN2. The zero-order valence-corrected chi connectivity index (χ0v) is 12.0. The van der Waals surface area contributed by atoms with Crippen molar-refractivity contribution >= 4 is 24.0 Å². The van der Waals surface area contributed by atoms with Gasteiger partial charge in [-0.1, -0.05) is 11.6 Å². The van der Waals surface area contributed by atoms with E-state index in [9.17, 15) is 4.39 Å². The number of hydrogen-bond acceptors (Lipinski definition) is 2. The van der Waals surface area contributed by atoms with Crippen LogP contribution in [0.4, 0.5) is 4.39 Å². The van der Waals surface area contributed by atoms with Gasteiger partial charge >= 0.3 is 0 Å². The van der Waals surface area contributed by atoms with E-state index in [1.165, 1.54) is 6.07 Å². The van der Waals surface area contributed by atoms with Crippen LogP contribution in [0.5, 0.6) is 0 Å². The molecule has 1 saturated heterocycles. The first-order valence-corrected chi connectivity index (χ1v) is 6.35. The molecule has 2 rings (SSSR count). The predicted octanol–water partition coefficient (Wildman–Crippen LogP) is 3.07. The van der Waals surface area contributed by atoms with Crippen LogP contribution in [0.2, 0.25) is 5.02 Å². The molecule has 2 atom stereocenters. The monoisotopic (exact) mass is 292 g/mol. The number of nitrogens with two attached hydrogens (primary N) is 1. The van der Waals surface area contributed by atoms with Crippen molar-refractivity contribution in [2.24, 2.45) is 11.7 Å². The van der Waals surface area contributed by atoms with Crippen molar-refractivity contribution in [1.29, 1.82) is 0 Å². The third-order valence-electron chi connectivity index (χ3n) is 3.43. The van der Waals surface area contributed by atoms with E-state index in [0.717, 1.165) is 31.6 Å². The summed E-state index contributed by atoms with van der Waals surface area (Å²) in [6.07, 6.45) is 1.12. The molecule has 0 radical (unpaired) electrons. The van der Waals surface area contributed by atoms with Gasteiger partial charge in [-0.25, -0.2) is 4.39 Å². The second kappa shape index (κ2) is 6.71. The van der Waals surface area contributed by atoms with Gasteiger partial charge < -0.3 is 5.73 Å². The van der Waals surface area contributed by atoms with Gasteiger partial charge in [0.05, 0.1) is 0 Å². The molecule has 0 aromatic heterocycles. The highest BCUT2D eigenvalue weighted by Crippen LogP contribution is 2.25. The first-order chi connectivity index (χ1) is 8.08. The van der Waals surface area contributed by atoms with Gasteiger partial charge in [-0.15, -0.1) is 12.4 Å². The minimum Gasteiger partial charge on any atom is -0.330 e. The Morgan fingerprint density at radius 3 is 2.72 bits per heavy atom. The number of benzene rings is 1. The zero-order chi connectivity index (χ0) is 12.4. The number of rotatable bonds is 3. The van der Waals surface area contributed by atoms with Crippen molar-refractivity contribution < 1.29 is 4.39 Å². The Balaban J connectivity index is 0.00000162. The van der Waals surface area contributed by atoms with E-state index in [2.05, 4.69) is 11.8 Å². The smallest absolute Gasteiger partial charge is 0.125 e. The maximum Gasteiger partial charge on any atom is 0.125 e. The third kappa shape index (κ3) is 3.82. The molecule has 1 aromatic rings. The predicted molar refractivity (Wildman–Crippen MR) is 75.7 cm³/mol. The van der Waals surface area contributed by atoms with Gasteiger partial charge in [0.1, 0.15) is 5.82 Å². The van der Waals surface area contributed by atoms with Crippen molar-refractivity contribution in [2.45, 2.75) is 25.9 Å². The SMILES string of the molecule is CC1CC(CN)CN1Cc1cc(F)cc(Cl)c1.Cl. The summed E-state index contributed by atoms with van der Waals surface area (Å²) in [7, 11) is 0. The van der Waals surface area contributed by atoms with Crippen LogP contribution >= 0.6 is 24.0 Å². The molecule has 1 aliphatic rings. The van der Waals surface area contributed by atoms with Crippen molar-refractivity contribution in [3.63, 3.8) is 0 Å². The molecule has 5 heteroatoms. The lowest BCUT2D eigenvalue weighted by molar-refractivity contribution is 0.255. The summed E-state index contributed by atoms with van der Waals surface area (Å²) in [4.78, 5) is 2.34. The van der Waals surface area contributed by atoms with E-state index in [0.29, 0.717) is 17.0 Å². The van der Waals surface area contributed by atoms with Crippen LogP contribution in [0.25, 0.3) is 0 Å². The average molecular weight is 293 g/mol. The quantitative estimate of drug-likeness (QED) is 0.928. The van der Waals surface area contributed by atoms with Crippen molar-refractivity contribution in [1.82, 2.24) is 4.90 Å². The van der Waals surface area contributed by atoms with E-state index < -0.39 is 0 Å². The van der Waals surface area contributed by atoms with Gasteiger partial charge in [0, 0.05) is 24.2 Å². The fourth-order valence-electron chi connectivity index (χ4n) is 2.55. The molecule has 1 aromatic carbocycles. The average Bonchev–Trinajstić information content (AvgIpc) is 2.58. The molecule has 0 saturated carbocycles. The van der Waals surface area contributed by atoms with E-state index in [1.54, 1.807) is 6.07 Å². The van der Waals surface area contributed by atoms with Crippen LogP contribution in [0, 0.1) is 11.7 Å². The maximum absolute atomic E-state index is 13.2. The number of halogens is 3. The van der Waals surface area contributed by atoms with Crippen molar-refractivity contribution in [3.05, 3.63) is 34.6 Å². The van der Waals surface area contributed by atoms with E-state index in [4.69, 9.17) is 17.3 Å². The minimum absolute atomic E-state index is 0. The zero-order valence-electron chi connectivity index (χ0n) is 10.4. The van der Waals surface area contributed by atoms with Gasteiger partial charge in [-0.05, 0) is 49.6 Å². The lowest BCUT2D eigenvalue weighted by atomic mass is 10.1. The van der Waals surface area contributed by atoms with Gasteiger partial charge in [0.2, 0.25) is 0 Å². The molecule has 0 spiro atoms. The second-order valence-corrected chi connectivity index (χ2v) is 5.33. The van der Waals surface area contributed by atoms with Crippen molar-refractivity contribution in [3.8, 4) is 0 Å².